The third-order valence-corrected chi connectivity index (χ3v) is 4.83. The second kappa shape index (κ2) is 8.97. The highest BCUT2D eigenvalue weighted by Crippen LogP contribution is 2.24. The van der Waals surface area contributed by atoms with E-state index in [1.165, 1.54) is 50.5 Å². The molecule has 1 atom stereocenters. The maximum atomic E-state index is 5.42. The zero-order valence-electron chi connectivity index (χ0n) is 14.8. The minimum Gasteiger partial charge on any atom is -0.337 e. The molecule has 1 saturated heterocycles. The van der Waals surface area contributed by atoms with E-state index < -0.39 is 0 Å². The van der Waals surface area contributed by atoms with E-state index in [-0.39, 0.29) is 6.04 Å². The van der Waals surface area contributed by atoms with Gasteiger partial charge in [-0.3, -0.25) is 0 Å². The second-order valence-electron chi connectivity index (χ2n) is 6.82. The van der Waals surface area contributed by atoms with Crippen LogP contribution in [-0.4, -0.2) is 16.7 Å². The highest BCUT2D eigenvalue weighted by atomic mass is 16.5. The van der Waals surface area contributed by atoms with Crippen molar-refractivity contribution < 1.29 is 4.52 Å². The summed E-state index contributed by atoms with van der Waals surface area (Å²) in [7, 11) is 0. The number of hydrogen-bond donors (Lipinski definition) is 1. The van der Waals surface area contributed by atoms with Crippen LogP contribution in [0.5, 0.6) is 0 Å². The van der Waals surface area contributed by atoms with Crippen LogP contribution in [0.3, 0.4) is 0 Å². The van der Waals surface area contributed by atoms with E-state index >= 15 is 0 Å². The number of aromatic nitrogens is 2. The lowest BCUT2D eigenvalue weighted by Gasteiger charge is -2.03. The lowest BCUT2D eigenvalue weighted by atomic mass is 10.0. The molecule has 1 aromatic heterocycles. The smallest absolute Gasteiger partial charge is 0.244 e. The molecule has 2 heterocycles. The fourth-order valence-corrected chi connectivity index (χ4v) is 3.32. The highest BCUT2D eigenvalue weighted by Gasteiger charge is 2.22. The Morgan fingerprint density at radius 3 is 2.62 bits per heavy atom. The van der Waals surface area contributed by atoms with Crippen molar-refractivity contribution in [1.29, 1.82) is 0 Å². The summed E-state index contributed by atoms with van der Waals surface area (Å²) in [6.07, 6.45) is 11.5. The molecule has 1 aliphatic rings. The first kappa shape index (κ1) is 17.2. The van der Waals surface area contributed by atoms with E-state index in [2.05, 4.69) is 46.6 Å². The van der Waals surface area contributed by atoms with Crippen molar-refractivity contribution in [3.05, 3.63) is 35.7 Å². The Bertz CT molecular complexity index is 600. The van der Waals surface area contributed by atoms with Gasteiger partial charge in [0.05, 0.1) is 6.04 Å². The van der Waals surface area contributed by atoms with Crippen LogP contribution in [0, 0.1) is 0 Å². The van der Waals surface area contributed by atoms with Gasteiger partial charge in [0.25, 0.3) is 0 Å². The largest absolute Gasteiger partial charge is 0.337 e. The van der Waals surface area contributed by atoms with Gasteiger partial charge in [0, 0.05) is 5.56 Å². The molecule has 130 valence electrons. The maximum Gasteiger partial charge on any atom is 0.244 e. The number of unbranched alkanes of at least 4 members (excludes halogenated alkanes) is 5. The quantitative estimate of drug-likeness (QED) is 0.654. The van der Waals surface area contributed by atoms with Crippen LogP contribution in [0.4, 0.5) is 0 Å². The molecule has 0 saturated carbocycles. The van der Waals surface area contributed by atoms with Gasteiger partial charge in [0.2, 0.25) is 11.7 Å². The summed E-state index contributed by atoms with van der Waals surface area (Å²) in [6, 6.07) is 8.86. The van der Waals surface area contributed by atoms with Crippen molar-refractivity contribution in [1.82, 2.24) is 15.5 Å². The van der Waals surface area contributed by atoms with E-state index in [1.54, 1.807) is 0 Å². The topological polar surface area (TPSA) is 51.0 Å². The average Bonchev–Trinajstić information content (AvgIpc) is 3.29. The number of benzene rings is 1. The molecule has 0 radical (unpaired) electrons. The first-order valence-corrected chi connectivity index (χ1v) is 9.53. The zero-order chi connectivity index (χ0) is 16.6. The Balaban J connectivity index is 1.49. The van der Waals surface area contributed by atoms with Crippen molar-refractivity contribution in [2.24, 2.45) is 0 Å². The van der Waals surface area contributed by atoms with Gasteiger partial charge in [-0.05, 0) is 37.8 Å². The normalized spacial score (nSPS) is 17.5. The predicted molar refractivity (Wildman–Crippen MR) is 96.8 cm³/mol. The summed E-state index contributed by atoms with van der Waals surface area (Å²) < 4.78 is 5.42. The molecule has 4 heteroatoms. The third kappa shape index (κ3) is 4.67. The van der Waals surface area contributed by atoms with Gasteiger partial charge in [-0.15, -0.1) is 0 Å². The summed E-state index contributed by atoms with van der Waals surface area (Å²) >= 11 is 0. The van der Waals surface area contributed by atoms with Gasteiger partial charge in [-0.1, -0.05) is 68.4 Å². The van der Waals surface area contributed by atoms with Crippen LogP contribution in [0.1, 0.15) is 75.8 Å². The molecule has 3 rings (SSSR count). The van der Waals surface area contributed by atoms with Crippen LogP contribution in [-0.2, 0) is 6.42 Å². The molecular formula is C20H29N3O. The van der Waals surface area contributed by atoms with Gasteiger partial charge in [0.1, 0.15) is 0 Å². The van der Waals surface area contributed by atoms with E-state index in [0.717, 1.165) is 30.8 Å². The molecule has 0 amide bonds. The second-order valence-corrected chi connectivity index (χ2v) is 6.82. The molecule has 0 aliphatic carbocycles. The lowest BCUT2D eigenvalue weighted by Crippen LogP contribution is -2.12. The number of hydrogen-bond acceptors (Lipinski definition) is 4. The van der Waals surface area contributed by atoms with E-state index in [9.17, 15) is 0 Å². The molecule has 1 unspecified atom stereocenters. The summed E-state index contributed by atoms with van der Waals surface area (Å²) in [6.45, 7) is 3.30. The summed E-state index contributed by atoms with van der Waals surface area (Å²) in [4.78, 5) is 4.56. The standard InChI is InChI=1S/C20H29N3O/c1-2-3-4-5-6-7-9-16-11-13-17(14-12-16)19-22-20(24-23-19)18-10-8-15-21-18/h11-14,18,21H,2-10,15H2,1H3. The molecule has 1 fully saturated rings. The van der Waals surface area contributed by atoms with Crippen LogP contribution < -0.4 is 5.32 Å². The molecule has 1 N–H and O–H groups in total. The van der Waals surface area contributed by atoms with Gasteiger partial charge >= 0.3 is 0 Å². The fourth-order valence-electron chi connectivity index (χ4n) is 3.32. The minimum atomic E-state index is 0.234. The molecule has 24 heavy (non-hydrogen) atoms. The maximum absolute atomic E-state index is 5.42. The van der Waals surface area contributed by atoms with Crippen LogP contribution in [0.15, 0.2) is 28.8 Å². The number of nitrogens with one attached hydrogen (secondary N) is 1. The Morgan fingerprint density at radius 2 is 1.88 bits per heavy atom. The SMILES string of the molecule is CCCCCCCCc1ccc(-c2noc(C3CCCN3)n2)cc1. The Labute approximate surface area is 145 Å². The van der Waals surface area contributed by atoms with E-state index in [4.69, 9.17) is 4.52 Å². The monoisotopic (exact) mass is 327 g/mol. The zero-order valence-corrected chi connectivity index (χ0v) is 14.8. The lowest BCUT2D eigenvalue weighted by molar-refractivity contribution is 0.345. The van der Waals surface area contributed by atoms with Crippen molar-refractivity contribution in [2.45, 2.75) is 70.8 Å². The average molecular weight is 327 g/mol. The van der Waals surface area contributed by atoms with Crippen molar-refractivity contribution >= 4 is 0 Å². The molecule has 0 bridgehead atoms. The van der Waals surface area contributed by atoms with Crippen LogP contribution in [0.2, 0.25) is 0 Å². The summed E-state index contributed by atoms with van der Waals surface area (Å²) in [5.74, 6) is 1.42. The number of rotatable bonds is 9. The summed E-state index contributed by atoms with van der Waals surface area (Å²) in [5.41, 5.74) is 2.44. The first-order chi connectivity index (χ1) is 11.9. The predicted octanol–water partition coefficient (Wildman–Crippen LogP) is 5.06. The number of nitrogens with zero attached hydrogens (tertiary/aromatic N) is 2. The molecule has 1 aromatic carbocycles. The Morgan fingerprint density at radius 1 is 1.08 bits per heavy atom. The van der Waals surface area contributed by atoms with Crippen molar-refractivity contribution in [2.75, 3.05) is 6.54 Å². The molecular weight excluding hydrogens is 298 g/mol. The van der Waals surface area contributed by atoms with E-state index in [1.807, 2.05) is 0 Å². The molecule has 4 nitrogen and oxygen atoms in total. The molecule has 0 spiro atoms. The van der Waals surface area contributed by atoms with Crippen molar-refractivity contribution in [3.8, 4) is 11.4 Å². The first-order valence-electron chi connectivity index (χ1n) is 9.53. The Hall–Kier alpha value is -1.68. The van der Waals surface area contributed by atoms with Crippen LogP contribution in [0.25, 0.3) is 11.4 Å². The van der Waals surface area contributed by atoms with Gasteiger partial charge in [-0.25, -0.2) is 0 Å². The Kier molecular flexibility index (Phi) is 6.41. The minimum absolute atomic E-state index is 0.234. The third-order valence-electron chi connectivity index (χ3n) is 4.83. The fraction of sp³-hybridized carbons (Fsp3) is 0.600. The van der Waals surface area contributed by atoms with Gasteiger partial charge in [-0.2, -0.15) is 4.98 Å². The molecule has 2 aromatic rings. The highest BCUT2D eigenvalue weighted by molar-refractivity contribution is 5.54. The van der Waals surface area contributed by atoms with Gasteiger partial charge < -0.3 is 9.84 Å². The number of aryl methyl sites for hydroxylation is 1. The van der Waals surface area contributed by atoms with E-state index in [0.29, 0.717) is 5.82 Å². The van der Waals surface area contributed by atoms with Gasteiger partial charge in [0.15, 0.2) is 0 Å². The van der Waals surface area contributed by atoms with Crippen molar-refractivity contribution in [3.63, 3.8) is 0 Å². The summed E-state index contributed by atoms with van der Waals surface area (Å²) in [5, 5.41) is 7.53. The molecule has 1 aliphatic heterocycles. The van der Waals surface area contributed by atoms with Crippen LogP contribution >= 0.6 is 0 Å².